The van der Waals surface area contributed by atoms with E-state index in [0.717, 1.165) is 23.2 Å². The summed E-state index contributed by atoms with van der Waals surface area (Å²) in [6.45, 7) is -0.0943. The molecule has 398 valence electrons. The highest BCUT2D eigenvalue weighted by Crippen LogP contribution is 2.56. The van der Waals surface area contributed by atoms with Gasteiger partial charge in [0.05, 0.1) is 0 Å². The van der Waals surface area contributed by atoms with Gasteiger partial charge in [0.25, 0.3) is 6.71 Å². The van der Waals surface area contributed by atoms with E-state index in [2.05, 4.69) is 295 Å². The Labute approximate surface area is 497 Å². The van der Waals surface area contributed by atoms with E-state index >= 15 is 0 Å². The van der Waals surface area contributed by atoms with Crippen molar-refractivity contribution in [3.8, 4) is 55.6 Å². The Hall–Kier alpha value is -9.35. The first-order chi connectivity index (χ1) is 41.6. The van der Waals surface area contributed by atoms with Gasteiger partial charge < -0.3 is 9.80 Å². The van der Waals surface area contributed by atoms with Crippen molar-refractivity contribution in [3.05, 3.63) is 307 Å². The highest BCUT2D eigenvalue weighted by molar-refractivity contribution is 7.99. The Morgan fingerprint density at radius 2 is 0.833 bits per heavy atom. The van der Waals surface area contributed by atoms with Crippen molar-refractivity contribution in [2.24, 2.45) is 11.8 Å². The van der Waals surface area contributed by atoms with Gasteiger partial charge in [0.15, 0.2) is 0 Å². The summed E-state index contributed by atoms with van der Waals surface area (Å²) in [5.74, 6) is 2.47. The third-order valence-corrected chi connectivity index (χ3v) is 20.4. The van der Waals surface area contributed by atoms with Gasteiger partial charge in [-0.2, -0.15) is 0 Å². The molecule has 2 aliphatic carbocycles. The zero-order valence-corrected chi connectivity index (χ0v) is 47.5. The van der Waals surface area contributed by atoms with Gasteiger partial charge in [0, 0.05) is 49.8 Å². The van der Waals surface area contributed by atoms with Gasteiger partial charge in [-0.05, 0) is 204 Å². The van der Waals surface area contributed by atoms with Crippen LogP contribution in [0.5, 0.6) is 0 Å². The lowest BCUT2D eigenvalue weighted by molar-refractivity contribution is 0.419. The van der Waals surface area contributed by atoms with Gasteiger partial charge in [-0.3, -0.25) is 0 Å². The maximum Gasteiger partial charge on any atom is 0.252 e. The van der Waals surface area contributed by atoms with Gasteiger partial charge in [0.1, 0.15) is 0 Å². The lowest BCUT2D eigenvalue weighted by Gasteiger charge is -2.44. The summed E-state index contributed by atoms with van der Waals surface area (Å²) >= 11 is 1.98. The molecule has 0 saturated heterocycles. The maximum absolute atomic E-state index is 2.63. The summed E-state index contributed by atoms with van der Waals surface area (Å²) in [5, 5.41) is 0. The molecule has 17 rings (SSSR count). The van der Waals surface area contributed by atoms with Crippen LogP contribution in [0.3, 0.4) is 0 Å². The molecule has 0 amide bonds. The standard InChI is InChI=1S/C80H59BN2S/c1-6-19-53(20-7-1)58-36-39-71-76(50-58)83(67-47-64(56-25-12-4-13-26-56)44-65(48-67)57-27-14-5-15-28-57)75-31-18-30-74-80(75)81(71)72-49-61(79-68-29-16-17-32-77(68)84-78-51-60(35-38-69(78)79)70-42-52-33-34-59(70)41-52)37-40-73(72)82(74)66-45-62(54-21-8-2-9-22-54)43-63(46-66)55-23-10-3-11-24-55/h1-32,35-40,43-52,59,70,79H,33-34,41-42H2. The van der Waals surface area contributed by atoms with Crippen molar-refractivity contribution in [1.82, 2.24) is 0 Å². The maximum atomic E-state index is 2.63. The second kappa shape index (κ2) is 20.2. The predicted octanol–water partition coefficient (Wildman–Crippen LogP) is 19.7. The first-order valence-electron chi connectivity index (χ1n) is 30.1. The molecule has 4 unspecified atom stereocenters. The number of fused-ring (bicyclic) bond motifs is 8. The SMILES string of the molecule is c1ccc(-c2cc(-c3ccccc3)cc(N3c4ccc(C5c6ccccc6Sc6cc(C7CC8CCC7C8)ccc65)cc4B4c5ccc(-c6ccccc6)cc5N(c5cc(-c6ccccc6)cc(-c6ccccc6)c5)c5cccc3c54)c2)cc1. The molecule has 0 radical (unpaired) electrons. The molecule has 2 nitrogen and oxygen atoms in total. The third-order valence-electron chi connectivity index (χ3n) is 19.2. The summed E-state index contributed by atoms with van der Waals surface area (Å²) in [6.07, 6.45) is 5.56. The summed E-state index contributed by atoms with van der Waals surface area (Å²) in [4.78, 5) is 7.97. The molecule has 4 heteroatoms. The Balaban J connectivity index is 0.928. The normalized spacial score (nSPS) is 17.7. The smallest absolute Gasteiger partial charge is 0.252 e. The van der Waals surface area contributed by atoms with E-state index in [4.69, 9.17) is 0 Å². The number of hydrogen-bond acceptors (Lipinski definition) is 3. The van der Waals surface area contributed by atoms with Gasteiger partial charge in [-0.1, -0.05) is 231 Å². The average Bonchev–Trinajstić information content (AvgIpc) is 1.36. The Morgan fingerprint density at radius 3 is 1.38 bits per heavy atom. The van der Waals surface area contributed by atoms with Crippen molar-refractivity contribution in [1.29, 1.82) is 0 Å². The molecule has 84 heavy (non-hydrogen) atoms. The fourth-order valence-corrected chi connectivity index (χ4v) is 16.6. The zero-order valence-electron chi connectivity index (χ0n) is 46.7. The predicted molar refractivity (Wildman–Crippen MR) is 354 cm³/mol. The molecule has 2 fully saturated rings. The average molecular weight is 1090 g/mol. The molecule has 12 aromatic rings. The number of rotatable bonds is 9. The molecule has 2 saturated carbocycles. The Morgan fingerprint density at radius 1 is 0.321 bits per heavy atom. The first kappa shape index (κ1) is 49.3. The second-order valence-corrected chi connectivity index (χ2v) is 25.0. The van der Waals surface area contributed by atoms with Gasteiger partial charge in [-0.15, -0.1) is 0 Å². The van der Waals surface area contributed by atoms with Crippen molar-refractivity contribution >= 4 is 69.0 Å². The van der Waals surface area contributed by atoms with Crippen LogP contribution in [-0.2, 0) is 0 Å². The van der Waals surface area contributed by atoms with E-state index in [9.17, 15) is 0 Å². The first-order valence-corrected chi connectivity index (χ1v) is 30.9. The number of benzene rings is 12. The minimum absolute atomic E-state index is 0.0603. The monoisotopic (exact) mass is 1090 g/mol. The molecular weight excluding hydrogens is 1030 g/mol. The fraction of sp³-hybridized carbons (Fsp3) is 0.100. The highest BCUT2D eigenvalue weighted by atomic mass is 32.2. The number of anilines is 6. The molecule has 0 spiro atoms. The molecular formula is C80H59BN2S. The molecule has 2 bridgehead atoms. The van der Waals surface area contributed by atoms with Crippen LogP contribution in [0.15, 0.2) is 295 Å². The third kappa shape index (κ3) is 8.33. The van der Waals surface area contributed by atoms with Crippen LogP contribution in [0.25, 0.3) is 55.6 Å². The molecule has 12 aromatic carbocycles. The minimum atomic E-state index is -0.0943. The van der Waals surface area contributed by atoms with Gasteiger partial charge in [0.2, 0.25) is 0 Å². The van der Waals surface area contributed by atoms with E-state index < -0.39 is 0 Å². The topological polar surface area (TPSA) is 6.48 Å². The summed E-state index contributed by atoms with van der Waals surface area (Å²) in [7, 11) is 0. The van der Waals surface area contributed by atoms with Crippen LogP contribution in [0.2, 0.25) is 0 Å². The van der Waals surface area contributed by atoms with E-state index in [1.807, 2.05) is 11.8 Å². The fourth-order valence-electron chi connectivity index (χ4n) is 15.4. The lowest BCUT2D eigenvalue weighted by Crippen LogP contribution is -2.61. The largest absolute Gasteiger partial charge is 0.311 e. The van der Waals surface area contributed by atoms with Crippen molar-refractivity contribution in [3.63, 3.8) is 0 Å². The quantitative estimate of drug-likeness (QED) is 0.133. The zero-order chi connectivity index (χ0) is 55.2. The van der Waals surface area contributed by atoms with Crippen molar-refractivity contribution < 1.29 is 0 Å². The molecule has 3 heterocycles. The summed E-state index contributed by atoms with van der Waals surface area (Å²) in [6, 6.07) is 108. The van der Waals surface area contributed by atoms with Crippen LogP contribution in [0.4, 0.5) is 34.1 Å². The van der Waals surface area contributed by atoms with Crippen LogP contribution in [0, 0.1) is 11.8 Å². The molecule has 4 atom stereocenters. The molecule has 0 N–H and O–H groups in total. The molecule has 5 aliphatic rings. The Kier molecular flexibility index (Phi) is 11.9. The van der Waals surface area contributed by atoms with E-state index in [0.29, 0.717) is 5.92 Å². The molecule has 0 aromatic heterocycles. The summed E-state index contributed by atoms with van der Waals surface area (Å²) in [5.41, 5.74) is 28.4. The molecule has 3 aliphatic heterocycles. The minimum Gasteiger partial charge on any atom is -0.311 e. The lowest BCUT2D eigenvalue weighted by atomic mass is 9.33. The second-order valence-electron chi connectivity index (χ2n) is 23.9. The summed E-state index contributed by atoms with van der Waals surface area (Å²) < 4.78 is 0. The van der Waals surface area contributed by atoms with Gasteiger partial charge >= 0.3 is 0 Å². The van der Waals surface area contributed by atoms with Gasteiger partial charge in [-0.25, -0.2) is 0 Å². The van der Waals surface area contributed by atoms with Crippen LogP contribution < -0.4 is 26.2 Å². The van der Waals surface area contributed by atoms with E-state index in [-0.39, 0.29) is 12.6 Å². The van der Waals surface area contributed by atoms with Crippen LogP contribution in [-0.4, -0.2) is 6.71 Å². The number of hydrogen-bond donors (Lipinski definition) is 0. The van der Waals surface area contributed by atoms with Crippen molar-refractivity contribution in [2.75, 3.05) is 9.80 Å². The van der Waals surface area contributed by atoms with E-state index in [1.54, 1.807) is 5.56 Å². The highest BCUT2D eigenvalue weighted by Gasteiger charge is 2.45. The van der Waals surface area contributed by atoms with Crippen molar-refractivity contribution in [2.45, 2.75) is 47.3 Å². The van der Waals surface area contributed by atoms with E-state index in [1.165, 1.54) is 147 Å². The number of nitrogens with zero attached hydrogens (tertiary/aromatic N) is 2. The van der Waals surface area contributed by atoms with Crippen LogP contribution in [0.1, 0.15) is 59.8 Å². The Bertz CT molecular complexity index is 4390. The van der Waals surface area contributed by atoms with Crippen LogP contribution >= 0.6 is 11.8 Å².